The highest BCUT2D eigenvalue weighted by molar-refractivity contribution is 7.09. The molecule has 4 rings (SSSR count). The summed E-state index contributed by atoms with van der Waals surface area (Å²) in [4.78, 5) is 23.1. The van der Waals surface area contributed by atoms with Crippen LogP contribution in [0.1, 0.15) is 38.7 Å². The minimum Gasteiger partial charge on any atom is -0.343 e. The smallest absolute Gasteiger partial charge is 0.273 e. The zero-order chi connectivity index (χ0) is 16.5. The van der Waals surface area contributed by atoms with Crippen molar-refractivity contribution in [2.75, 3.05) is 13.1 Å². The van der Waals surface area contributed by atoms with Crippen molar-refractivity contribution in [3.05, 3.63) is 64.2 Å². The van der Waals surface area contributed by atoms with Crippen molar-refractivity contribution in [1.29, 1.82) is 0 Å². The molecule has 1 saturated heterocycles. The zero-order valence-corrected chi connectivity index (χ0v) is 13.9. The first-order valence-electron chi connectivity index (χ1n) is 7.75. The number of aromatic nitrogens is 3. The fourth-order valence-corrected chi connectivity index (χ4v) is 3.82. The number of likely N-dealkylation sites (tertiary alicyclic amines) is 1. The molecule has 0 radical (unpaired) electrons. The second-order valence-electron chi connectivity index (χ2n) is 5.87. The lowest BCUT2D eigenvalue weighted by atomic mass is 9.88. The predicted octanol–water partition coefficient (Wildman–Crippen LogP) is 2.86. The molecule has 1 aromatic carbocycles. The predicted molar refractivity (Wildman–Crippen MR) is 89.0 cm³/mol. The topological polar surface area (TPSA) is 72.1 Å². The Hall–Kier alpha value is -2.54. The lowest BCUT2D eigenvalue weighted by molar-refractivity contribution is 0.0783. The molecule has 0 aliphatic carbocycles. The van der Waals surface area contributed by atoms with Crippen molar-refractivity contribution < 1.29 is 9.32 Å². The van der Waals surface area contributed by atoms with Gasteiger partial charge in [0.1, 0.15) is 5.69 Å². The van der Waals surface area contributed by atoms with Gasteiger partial charge in [0.15, 0.2) is 5.82 Å². The molecule has 3 heterocycles. The van der Waals surface area contributed by atoms with Crippen molar-refractivity contribution >= 4 is 17.2 Å². The second-order valence-corrected chi connectivity index (χ2v) is 6.94. The average Bonchev–Trinajstić information content (AvgIpc) is 3.35. The maximum absolute atomic E-state index is 12.8. The Bertz CT molecular complexity index is 831. The van der Waals surface area contributed by atoms with Gasteiger partial charge in [-0.15, -0.1) is 11.3 Å². The van der Waals surface area contributed by atoms with E-state index in [1.807, 2.05) is 35.4 Å². The number of hydrogen-bond acceptors (Lipinski definition) is 6. The quantitative estimate of drug-likeness (QED) is 0.733. The lowest BCUT2D eigenvalue weighted by Crippen LogP contribution is -2.29. The fraction of sp³-hybridized carbons (Fsp3) is 0.294. The molecule has 6 nitrogen and oxygen atoms in total. The number of benzene rings is 1. The van der Waals surface area contributed by atoms with Crippen molar-refractivity contribution in [2.24, 2.45) is 0 Å². The summed E-state index contributed by atoms with van der Waals surface area (Å²) in [7, 11) is 0. The van der Waals surface area contributed by atoms with Gasteiger partial charge < -0.3 is 9.42 Å². The van der Waals surface area contributed by atoms with E-state index in [1.165, 1.54) is 23.3 Å². The number of carbonyl (C=O) groups excluding carboxylic acids is 1. The molecule has 0 unspecified atom stereocenters. The number of aryl methyl sites for hydroxylation is 1. The number of amides is 1. The van der Waals surface area contributed by atoms with E-state index in [4.69, 9.17) is 4.52 Å². The molecule has 0 bridgehead atoms. The maximum atomic E-state index is 12.8. The van der Waals surface area contributed by atoms with Crippen molar-refractivity contribution in [1.82, 2.24) is 20.0 Å². The van der Waals surface area contributed by atoms with Crippen LogP contribution in [0.2, 0.25) is 0 Å². The van der Waals surface area contributed by atoms with Crippen LogP contribution in [0, 0.1) is 6.92 Å². The van der Waals surface area contributed by atoms with E-state index in [1.54, 1.807) is 0 Å². The average molecular weight is 340 g/mol. The van der Waals surface area contributed by atoms with E-state index in [-0.39, 0.29) is 17.7 Å². The Morgan fingerprint density at radius 2 is 2.04 bits per heavy atom. The monoisotopic (exact) mass is 340 g/mol. The van der Waals surface area contributed by atoms with E-state index in [9.17, 15) is 4.79 Å². The third-order valence-electron chi connectivity index (χ3n) is 4.38. The van der Waals surface area contributed by atoms with Gasteiger partial charge in [-0.3, -0.25) is 4.79 Å². The van der Waals surface area contributed by atoms with Crippen LogP contribution in [0.15, 0.2) is 46.6 Å². The Morgan fingerprint density at radius 1 is 1.25 bits per heavy atom. The van der Waals surface area contributed by atoms with Gasteiger partial charge in [-0.25, -0.2) is 4.98 Å². The molecule has 1 aliphatic heterocycles. The molecule has 24 heavy (non-hydrogen) atoms. The standard InChI is InChI=1S/C17H16N4O2S/c1-11-19-15(9-24-11)17(22)21-7-13(12-5-3-2-4-6-12)14(8-21)16-18-10-23-20-16/h2-6,9-10,13-14H,7-8H2,1H3/t13-,14-/m1/s1. The van der Waals surface area contributed by atoms with Gasteiger partial charge in [-0.2, -0.15) is 4.98 Å². The van der Waals surface area contributed by atoms with Crippen LogP contribution in [0.25, 0.3) is 0 Å². The van der Waals surface area contributed by atoms with Gasteiger partial charge in [0.25, 0.3) is 5.91 Å². The first-order chi connectivity index (χ1) is 11.7. The van der Waals surface area contributed by atoms with Crippen LogP contribution in [-0.4, -0.2) is 39.0 Å². The highest BCUT2D eigenvalue weighted by Crippen LogP contribution is 2.38. The van der Waals surface area contributed by atoms with Crippen LogP contribution < -0.4 is 0 Å². The van der Waals surface area contributed by atoms with E-state index >= 15 is 0 Å². The Morgan fingerprint density at radius 3 is 2.71 bits per heavy atom. The highest BCUT2D eigenvalue weighted by atomic mass is 32.1. The zero-order valence-electron chi connectivity index (χ0n) is 13.1. The van der Waals surface area contributed by atoms with Gasteiger partial charge in [-0.05, 0) is 12.5 Å². The normalized spacial score (nSPS) is 20.5. The number of rotatable bonds is 3. The summed E-state index contributed by atoms with van der Waals surface area (Å²) in [6.07, 6.45) is 1.34. The summed E-state index contributed by atoms with van der Waals surface area (Å²) >= 11 is 1.49. The molecular weight excluding hydrogens is 324 g/mol. The Labute approximate surface area is 143 Å². The summed E-state index contributed by atoms with van der Waals surface area (Å²) in [6, 6.07) is 10.2. The van der Waals surface area contributed by atoms with Crippen LogP contribution in [0.5, 0.6) is 0 Å². The van der Waals surface area contributed by atoms with Crippen LogP contribution in [-0.2, 0) is 0 Å². The van der Waals surface area contributed by atoms with E-state index < -0.39 is 0 Å². The molecule has 0 spiro atoms. The second kappa shape index (κ2) is 6.16. The molecule has 0 saturated carbocycles. The molecule has 3 aromatic rings. The first-order valence-corrected chi connectivity index (χ1v) is 8.63. The Balaban J connectivity index is 1.64. The summed E-state index contributed by atoms with van der Waals surface area (Å²) in [6.45, 7) is 3.09. The lowest BCUT2D eigenvalue weighted by Gasteiger charge is -2.15. The maximum Gasteiger partial charge on any atom is 0.273 e. The molecular formula is C17H16N4O2S. The third-order valence-corrected chi connectivity index (χ3v) is 5.16. The molecule has 1 aliphatic rings. The van der Waals surface area contributed by atoms with E-state index in [2.05, 4.69) is 27.3 Å². The minimum absolute atomic E-state index is 0.0230. The molecule has 0 N–H and O–H groups in total. The summed E-state index contributed by atoms with van der Waals surface area (Å²) in [5.41, 5.74) is 1.69. The molecule has 7 heteroatoms. The first kappa shape index (κ1) is 15.0. The fourth-order valence-electron chi connectivity index (χ4n) is 3.24. The van der Waals surface area contributed by atoms with Gasteiger partial charge in [-0.1, -0.05) is 35.5 Å². The van der Waals surface area contributed by atoms with E-state index in [0.29, 0.717) is 24.6 Å². The van der Waals surface area contributed by atoms with Gasteiger partial charge in [0, 0.05) is 30.3 Å². The largest absolute Gasteiger partial charge is 0.343 e. The number of thiazole rings is 1. The molecule has 2 aromatic heterocycles. The number of carbonyl (C=O) groups is 1. The van der Waals surface area contributed by atoms with Crippen molar-refractivity contribution in [3.8, 4) is 0 Å². The van der Waals surface area contributed by atoms with Gasteiger partial charge >= 0.3 is 0 Å². The number of nitrogens with zero attached hydrogens (tertiary/aromatic N) is 4. The molecule has 122 valence electrons. The summed E-state index contributed by atoms with van der Waals surface area (Å²) in [5, 5.41) is 6.72. The molecule has 1 fully saturated rings. The molecule has 1 amide bonds. The van der Waals surface area contributed by atoms with Crippen LogP contribution in [0.3, 0.4) is 0 Å². The Kier molecular flexibility index (Phi) is 3.86. The van der Waals surface area contributed by atoms with Gasteiger partial charge in [0.2, 0.25) is 6.39 Å². The summed E-state index contributed by atoms with van der Waals surface area (Å²) in [5.74, 6) is 0.780. The third kappa shape index (κ3) is 2.71. The van der Waals surface area contributed by atoms with Crippen LogP contribution >= 0.6 is 11.3 Å². The number of hydrogen-bond donors (Lipinski definition) is 0. The van der Waals surface area contributed by atoms with Crippen LogP contribution in [0.4, 0.5) is 0 Å². The highest BCUT2D eigenvalue weighted by Gasteiger charge is 2.39. The van der Waals surface area contributed by atoms with Crippen molar-refractivity contribution in [2.45, 2.75) is 18.8 Å². The van der Waals surface area contributed by atoms with Crippen molar-refractivity contribution in [3.63, 3.8) is 0 Å². The molecule has 2 atom stereocenters. The van der Waals surface area contributed by atoms with Gasteiger partial charge in [0.05, 0.1) is 5.01 Å². The SMILES string of the molecule is Cc1nc(C(=O)N2C[C@H](c3ccccc3)[C@H](c3ncon3)C2)cs1. The minimum atomic E-state index is -0.0359. The van der Waals surface area contributed by atoms with E-state index in [0.717, 1.165) is 5.01 Å². The summed E-state index contributed by atoms with van der Waals surface area (Å²) < 4.78 is 4.92.